The summed E-state index contributed by atoms with van der Waals surface area (Å²) in [5, 5.41) is 9.00. The monoisotopic (exact) mass is 217 g/mol. The molecule has 0 saturated heterocycles. The quantitative estimate of drug-likeness (QED) is 0.780. The van der Waals surface area contributed by atoms with Crippen LogP contribution in [-0.2, 0) is 0 Å². The first kappa shape index (κ1) is 10.7. The standard InChI is InChI=1S/C9H6ClF2NO/c10-7-1-2-8(6(3-7)4-13)14-5-9(11)12/h1-3,9H,5H2. The van der Waals surface area contributed by atoms with Crippen molar-refractivity contribution >= 4 is 11.6 Å². The lowest BCUT2D eigenvalue weighted by Gasteiger charge is -2.06. The number of benzene rings is 1. The van der Waals surface area contributed by atoms with Crippen LogP contribution in [0.5, 0.6) is 5.75 Å². The molecule has 0 aliphatic carbocycles. The van der Waals surface area contributed by atoms with Crippen molar-refractivity contribution < 1.29 is 13.5 Å². The lowest BCUT2D eigenvalue weighted by Crippen LogP contribution is -2.07. The van der Waals surface area contributed by atoms with E-state index in [1.807, 2.05) is 0 Å². The molecule has 1 rings (SSSR count). The van der Waals surface area contributed by atoms with Crippen molar-refractivity contribution in [1.29, 1.82) is 5.26 Å². The number of rotatable bonds is 3. The zero-order valence-electron chi connectivity index (χ0n) is 7.01. The second-order valence-corrected chi connectivity index (χ2v) is 2.89. The summed E-state index contributed by atoms with van der Waals surface area (Å²) in [5.41, 5.74) is 0.151. The predicted octanol–water partition coefficient (Wildman–Crippen LogP) is 2.86. The summed E-state index contributed by atoms with van der Waals surface area (Å²) in [6.45, 7) is -0.726. The highest BCUT2D eigenvalue weighted by Gasteiger charge is 2.07. The van der Waals surface area contributed by atoms with Gasteiger partial charge in [-0.3, -0.25) is 0 Å². The fourth-order valence-electron chi connectivity index (χ4n) is 0.868. The molecular weight excluding hydrogens is 212 g/mol. The highest BCUT2D eigenvalue weighted by Crippen LogP contribution is 2.22. The highest BCUT2D eigenvalue weighted by molar-refractivity contribution is 6.30. The molecule has 0 fully saturated rings. The smallest absolute Gasteiger partial charge is 0.272 e. The van der Waals surface area contributed by atoms with Gasteiger partial charge in [-0.1, -0.05) is 11.6 Å². The largest absolute Gasteiger partial charge is 0.486 e. The minimum Gasteiger partial charge on any atom is -0.486 e. The van der Waals surface area contributed by atoms with Crippen molar-refractivity contribution in [2.24, 2.45) is 0 Å². The Labute approximate surface area is 84.7 Å². The topological polar surface area (TPSA) is 33.0 Å². The third-order valence-corrected chi connectivity index (χ3v) is 1.66. The van der Waals surface area contributed by atoms with Gasteiger partial charge in [0.2, 0.25) is 0 Å². The lowest BCUT2D eigenvalue weighted by molar-refractivity contribution is 0.0818. The third-order valence-electron chi connectivity index (χ3n) is 1.43. The van der Waals surface area contributed by atoms with E-state index in [1.165, 1.54) is 18.2 Å². The van der Waals surface area contributed by atoms with E-state index in [4.69, 9.17) is 21.6 Å². The van der Waals surface area contributed by atoms with E-state index in [9.17, 15) is 8.78 Å². The van der Waals surface area contributed by atoms with Gasteiger partial charge in [0, 0.05) is 5.02 Å². The summed E-state index contributed by atoms with van der Waals surface area (Å²) >= 11 is 5.60. The maximum absolute atomic E-state index is 11.8. The Morgan fingerprint density at radius 1 is 1.50 bits per heavy atom. The van der Waals surface area contributed by atoms with Gasteiger partial charge in [-0.15, -0.1) is 0 Å². The molecular formula is C9H6ClF2NO. The van der Waals surface area contributed by atoms with Crippen molar-refractivity contribution in [1.82, 2.24) is 0 Å². The molecule has 0 aromatic heterocycles. The highest BCUT2D eigenvalue weighted by atomic mass is 35.5. The molecule has 0 saturated carbocycles. The maximum atomic E-state index is 11.8. The van der Waals surface area contributed by atoms with E-state index in [2.05, 4.69) is 0 Å². The second-order valence-electron chi connectivity index (χ2n) is 2.45. The van der Waals surface area contributed by atoms with Crippen molar-refractivity contribution in [3.63, 3.8) is 0 Å². The predicted molar refractivity (Wildman–Crippen MR) is 47.7 cm³/mol. The molecule has 0 radical (unpaired) electrons. The van der Waals surface area contributed by atoms with E-state index in [-0.39, 0.29) is 11.3 Å². The van der Waals surface area contributed by atoms with Gasteiger partial charge in [-0.05, 0) is 18.2 Å². The van der Waals surface area contributed by atoms with Gasteiger partial charge in [-0.25, -0.2) is 8.78 Å². The van der Waals surface area contributed by atoms with E-state index < -0.39 is 13.0 Å². The minimum atomic E-state index is -2.56. The van der Waals surface area contributed by atoms with E-state index in [0.29, 0.717) is 5.02 Å². The molecule has 0 amide bonds. The first-order valence-electron chi connectivity index (χ1n) is 3.74. The van der Waals surface area contributed by atoms with Crippen LogP contribution >= 0.6 is 11.6 Å². The van der Waals surface area contributed by atoms with Crippen LogP contribution in [0, 0.1) is 11.3 Å². The third kappa shape index (κ3) is 2.86. The summed E-state index contributed by atoms with van der Waals surface area (Å²) in [5.74, 6) is 0.122. The first-order valence-corrected chi connectivity index (χ1v) is 4.12. The molecule has 0 heterocycles. The van der Waals surface area contributed by atoms with Crippen molar-refractivity contribution in [3.8, 4) is 11.8 Å². The van der Waals surface area contributed by atoms with Gasteiger partial charge in [0.15, 0.2) is 0 Å². The van der Waals surface area contributed by atoms with Gasteiger partial charge in [-0.2, -0.15) is 5.26 Å². The second kappa shape index (κ2) is 4.77. The van der Waals surface area contributed by atoms with Gasteiger partial charge in [0.1, 0.15) is 18.4 Å². The van der Waals surface area contributed by atoms with Gasteiger partial charge in [0.25, 0.3) is 6.43 Å². The summed E-state index contributed by atoms with van der Waals surface area (Å²) in [4.78, 5) is 0. The Morgan fingerprint density at radius 2 is 2.21 bits per heavy atom. The molecule has 74 valence electrons. The molecule has 0 N–H and O–H groups in total. The van der Waals surface area contributed by atoms with Crippen molar-refractivity contribution in [3.05, 3.63) is 28.8 Å². The lowest BCUT2D eigenvalue weighted by atomic mass is 10.2. The average Bonchev–Trinajstić information content (AvgIpc) is 2.15. The van der Waals surface area contributed by atoms with E-state index in [0.717, 1.165) is 0 Å². The Morgan fingerprint density at radius 3 is 2.79 bits per heavy atom. The summed E-state index contributed by atoms with van der Waals surface area (Å²) < 4.78 is 28.3. The van der Waals surface area contributed by atoms with E-state index in [1.54, 1.807) is 6.07 Å². The Hall–Kier alpha value is -1.34. The fraction of sp³-hybridized carbons (Fsp3) is 0.222. The van der Waals surface area contributed by atoms with Gasteiger partial charge in [0.05, 0.1) is 5.56 Å². The zero-order valence-corrected chi connectivity index (χ0v) is 7.76. The molecule has 0 aliphatic rings. The molecule has 14 heavy (non-hydrogen) atoms. The average molecular weight is 218 g/mol. The van der Waals surface area contributed by atoms with Crippen LogP contribution in [0.25, 0.3) is 0 Å². The normalized spacial score (nSPS) is 9.93. The molecule has 2 nitrogen and oxygen atoms in total. The van der Waals surface area contributed by atoms with Crippen molar-refractivity contribution in [2.75, 3.05) is 6.61 Å². The molecule has 0 atom stereocenters. The number of hydrogen-bond acceptors (Lipinski definition) is 2. The Kier molecular flexibility index (Phi) is 3.66. The van der Waals surface area contributed by atoms with Crippen molar-refractivity contribution in [2.45, 2.75) is 6.43 Å². The fourth-order valence-corrected chi connectivity index (χ4v) is 1.04. The number of ether oxygens (including phenoxy) is 1. The van der Waals surface area contributed by atoms with Gasteiger partial charge < -0.3 is 4.74 Å². The van der Waals surface area contributed by atoms with Crippen LogP contribution in [0.1, 0.15) is 5.56 Å². The molecule has 1 aromatic carbocycles. The Bertz CT molecular complexity index is 362. The number of halogens is 3. The molecule has 0 spiro atoms. The van der Waals surface area contributed by atoms with Gasteiger partial charge >= 0.3 is 0 Å². The molecule has 5 heteroatoms. The van der Waals surface area contributed by atoms with Crippen LogP contribution < -0.4 is 4.74 Å². The minimum absolute atomic E-state index is 0.122. The van der Waals surface area contributed by atoms with Crippen LogP contribution in [0.2, 0.25) is 5.02 Å². The first-order chi connectivity index (χ1) is 6.63. The molecule has 0 aliphatic heterocycles. The number of nitriles is 1. The summed E-state index contributed by atoms with van der Waals surface area (Å²) in [6, 6.07) is 6.04. The molecule has 1 aromatic rings. The number of alkyl halides is 2. The zero-order chi connectivity index (χ0) is 10.6. The van der Waals surface area contributed by atoms with Crippen LogP contribution in [0.3, 0.4) is 0 Å². The summed E-state index contributed by atoms with van der Waals surface area (Å²) in [6.07, 6.45) is -2.56. The SMILES string of the molecule is N#Cc1cc(Cl)ccc1OCC(F)F. The van der Waals surface area contributed by atoms with E-state index >= 15 is 0 Å². The number of hydrogen-bond donors (Lipinski definition) is 0. The summed E-state index contributed by atoms with van der Waals surface area (Å²) in [7, 11) is 0. The molecule has 0 unspecified atom stereocenters. The Balaban J connectivity index is 2.82. The number of nitrogens with zero attached hydrogens (tertiary/aromatic N) is 1. The molecule has 0 bridgehead atoms. The van der Waals surface area contributed by atoms with Crippen LogP contribution in [0.4, 0.5) is 8.78 Å². The van der Waals surface area contributed by atoms with Crippen LogP contribution in [-0.4, -0.2) is 13.0 Å². The maximum Gasteiger partial charge on any atom is 0.272 e. The van der Waals surface area contributed by atoms with Crippen LogP contribution in [0.15, 0.2) is 18.2 Å².